The molecule has 1 aromatic carbocycles. The van der Waals surface area contributed by atoms with Crippen LogP contribution in [0.25, 0.3) is 10.9 Å². The molecule has 7 heteroatoms. The van der Waals surface area contributed by atoms with Crippen molar-refractivity contribution < 1.29 is 0 Å². The predicted molar refractivity (Wildman–Crippen MR) is 112 cm³/mol. The molecule has 1 saturated heterocycles. The molecule has 1 fully saturated rings. The van der Waals surface area contributed by atoms with Crippen molar-refractivity contribution in [2.45, 2.75) is 64.0 Å². The highest BCUT2D eigenvalue weighted by Crippen LogP contribution is 2.31. The standard InChI is InChI=1S/C22H28N6O/c1-15(20-23-18-10-5-4-9-17(18)22(29)24-20)27-12-7-8-16(14-27)21-26-25-19-11-3-2-6-13-28(19)21/h4-5,9-10,15-16H,2-3,6-8,11-14H2,1H3,(H,23,24,29). The Bertz CT molecular complexity index is 1070. The molecular formula is C22H28N6O. The Morgan fingerprint density at radius 2 is 2.00 bits per heavy atom. The van der Waals surface area contributed by atoms with Crippen molar-refractivity contribution in [3.8, 4) is 0 Å². The van der Waals surface area contributed by atoms with Crippen LogP contribution in [-0.2, 0) is 13.0 Å². The number of aromatic nitrogens is 5. The number of fused-ring (bicyclic) bond motifs is 2. The van der Waals surface area contributed by atoms with Crippen LogP contribution in [0.1, 0.15) is 68.5 Å². The Kier molecular flexibility index (Phi) is 4.91. The molecule has 0 spiro atoms. The summed E-state index contributed by atoms with van der Waals surface area (Å²) in [7, 11) is 0. The number of nitrogens with zero attached hydrogens (tertiary/aromatic N) is 5. The van der Waals surface area contributed by atoms with Crippen molar-refractivity contribution in [1.29, 1.82) is 0 Å². The van der Waals surface area contributed by atoms with Gasteiger partial charge in [-0.3, -0.25) is 9.69 Å². The van der Waals surface area contributed by atoms with Crippen LogP contribution in [0, 0.1) is 0 Å². The molecule has 0 saturated carbocycles. The Labute approximate surface area is 170 Å². The monoisotopic (exact) mass is 392 g/mol. The summed E-state index contributed by atoms with van der Waals surface area (Å²) in [5.41, 5.74) is 0.697. The number of likely N-dealkylation sites (tertiary alicyclic amines) is 1. The molecule has 0 radical (unpaired) electrons. The van der Waals surface area contributed by atoms with E-state index in [1.807, 2.05) is 24.3 Å². The molecule has 2 aliphatic heterocycles. The number of aryl methyl sites for hydroxylation is 1. The summed E-state index contributed by atoms with van der Waals surface area (Å²) in [5, 5.41) is 9.74. The molecule has 1 N–H and O–H groups in total. The molecular weight excluding hydrogens is 364 g/mol. The molecule has 5 rings (SSSR count). The van der Waals surface area contributed by atoms with Crippen LogP contribution in [0.5, 0.6) is 0 Å². The number of para-hydroxylation sites is 1. The van der Waals surface area contributed by atoms with Gasteiger partial charge in [0.25, 0.3) is 5.56 Å². The number of nitrogens with one attached hydrogen (secondary N) is 1. The third-order valence-electron chi connectivity index (χ3n) is 6.53. The zero-order chi connectivity index (χ0) is 19.8. The van der Waals surface area contributed by atoms with Crippen molar-refractivity contribution in [2.75, 3.05) is 13.1 Å². The summed E-state index contributed by atoms with van der Waals surface area (Å²) in [4.78, 5) is 22.7. The van der Waals surface area contributed by atoms with Gasteiger partial charge in [-0.25, -0.2) is 4.98 Å². The Hall–Kier alpha value is -2.54. The van der Waals surface area contributed by atoms with E-state index in [2.05, 4.69) is 31.6 Å². The minimum atomic E-state index is -0.0613. The largest absolute Gasteiger partial charge is 0.315 e. The van der Waals surface area contributed by atoms with E-state index < -0.39 is 0 Å². The van der Waals surface area contributed by atoms with Gasteiger partial charge in [0, 0.05) is 25.4 Å². The quantitative estimate of drug-likeness (QED) is 0.740. The zero-order valence-electron chi connectivity index (χ0n) is 17.0. The van der Waals surface area contributed by atoms with Gasteiger partial charge in [-0.15, -0.1) is 10.2 Å². The highest BCUT2D eigenvalue weighted by Gasteiger charge is 2.30. The molecule has 2 aliphatic rings. The highest BCUT2D eigenvalue weighted by atomic mass is 16.1. The number of aromatic amines is 1. The van der Waals surface area contributed by atoms with Gasteiger partial charge in [0.2, 0.25) is 0 Å². The Morgan fingerprint density at radius 1 is 1.10 bits per heavy atom. The smallest absolute Gasteiger partial charge is 0.258 e. The maximum Gasteiger partial charge on any atom is 0.258 e. The van der Waals surface area contributed by atoms with Gasteiger partial charge in [0.1, 0.15) is 17.5 Å². The summed E-state index contributed by atoms with van der Waals surface area (Å²) >= 11 is 0. The molecule has 29 heavy (non-hydrogen) atoms. The average molecular weight is 393 g/mol. The fourth-order valence-electron chi connectivity index (χ4n) is 4.85. The van der Waals surface area contributed by atoms with Gasteiger partial charge in [0.05, 0.1) is 16.9 Å². The first kappa shape index (κ1) is 18.5. The van der Waals surface area contributed by atoms with Gasteiger partial charge in [0.15, 0.2) is 0 Å². The molecule has 4 heterocycles. The van der Waals surface area contributed by atoms with Crippen molar-refractivity contribution in [3.05, 3.63) is 52.1 Å². The molecule has 3 aromatic rings. The van der Waals surface area contributed by atoms with E-state index in [1.165, 1.54) is 19.3 Å². The maximum absolute atomic E-state index is 12.5. The fourth-order valence-corrected chi connectivity index (χ4v) is 4.85. The van der Waals surface area contributed by atoms with Crippen LogP contribution in [0.15, 0.2) is 29.1 Å². The van der Waals surface area contributed by atoms with E-state index in [9.17, 15) is 4.79 Å². The number of hydrogen-bond donors (Lipinski definition) is 1. The fraction of sp³-hybridized carbons (Fsp3) is 0.545. The Morgan fingerprint density at radius 3 is 2.93 bits per heavy atom. The van der Waals surface area contributed by atoms with Gasteiger partial charge in [-0.05, 0) is 51.3 Å². The lowest BCUT2D eigenvalue weighted by molar-refractivity contribution is 0.148. The lowest BCUT2D eigenvalue weighted by Crippen LogP contribution is -2.38. The van der Waals surface area contributed by atoms with E-state index in [-0.39, 0.29) is 11.6 Å². The van der Waals surface area contributed by atoms with E-state index in [0.29, 0.717) is 11.3 Å². The second-order valence-electron chi connectivity index (χ2n) is 8.42. The van der Waals surface area contributed by atoms with E-state index >= 15 is 0 Å². The molecule has 2 unspecified atom stereocenters. The van der Waals surface area contributed by atoms with Gasteiger partial charge in [-0.1, -0.05) is 18.6 Å². The number of hydrogen-bond acceptors (Lipinski definition) is 5. The van der Waals surface area contributed by atoms with Gasteiger partial charge < -0.3 is 9.55 Å². The summed E-state index contributed by atoms with van der Waals surface area (Å²) in [5.74, 6) is 3.44. The van der Waals surface area contributed by atoms with E-state index in [1.54, 1.807) is 0 Å². The topological polar surface area (TPSA) is 79.7 Å². The summed E-state index contributed by atoms with van der Waals surface area (Å²) in [6.07, 6.45) is 7.01. The second-order valence-corrected chi connectivity index (χ2v) is 8.42. The molecule has 0 aliphatic carbocycles. The molecule has 152 valence electrons. The van der Waals surface area contributed by atoms with Crippen LogP contribution >= 0.6 is 0 Å². The second kappa shape index (κ2) is 7.71. The average Bonchev–Trinajstić information content (AvgIpc) is 3.01. The molecule has 2 atom stereocenters. The summed E-state index contributed by atoms with van der Waals surface area (Å²) in [6.45, 7) is 5.12. The Balaban J connectivity index is 1.40. The molecule has 0 bridgehead atoms. The van der Waals surface area contributed by atoms with Crippen molar-refractivity contribution in [3.63, 3.8) is 0 Å². The van der Waals surface area contributed by atoms with Gasteiger partial charge in [-0.2, -0.15) is 0 Å². The molecule has 0 amide bonds. The molecule has 2 aromatic heterocycles. The van der Waals surface area contributed by atoms with Crippen molar-refractivity contribution in [1.82, 2.24) is 29.6 Å². The first-order valence-corrected chi connectivity index (χ1v) is 10.9. The summed E-state index contributed by atoms with van der Waals surface area (Å²) in [6, 6.07) is 7.59. The lowest BCUT2D eigenvalue weighted by Gasteiger charge is -2.36. The highest BCUT2D eigenvalue weighted by molar-refractivity contribution is 5.77. The predicted octanol–water partition coefficient (Wildman–Crippen LogP) is 3.18. The zero-order valence-corrected chi connectivity index (χ0v) is 17.0. The van der Waals surface area contributed by atoms with Crippen molar-refractivity contribution >= 4 is 10.9 Å². The van der Waals surface area contributed by atoms with Crippen LogP contribution in [0.4, 0.5) is 0 Å². The van der Waals surface area contributed by atoms with Crippen LogP contribution < -0.4 is 5.56 Å². The normalized spacial score (nSPS) is 21.6. The van der Waals surface area contributed by atoms with Crippen LogP contribution in [0.3, 0.4) is 0 Å². The first-order chi connectivity index (χ1) is 14.2. The van der Waals surface area contributed by atoms with Crippen LogP contribution in [0.2, 0.25) is 0 Å². The third-order valence-corrected chi connectivity index (χ3v) is 6.53. The number of piperidine rings is 1. The summed E-state index contributed by atoms with van der Waals surface area (Å²) < 4.78 is 2.38. The van der Waals surface area contributed by atoms with Gasteiger partial charge >= 0.3 is 0 Å². The van der Waals surface area contributed by atoms with Crippen molar-refractivity contribution in [2.24, 2.45) is 0 Å². The minimum Gasteiger partial charge on any atom is -0.315 e. The SMILES string of the molecule is CC(c1nc2ccccc2c(=O)[nH]1)N1CCCC(c2nnc3n2CCCCC3)C1. The third kappa shape index (κ3) is 3.48. The van der Waals surface area contributed by atoms with Crippen LogP contribution in [-0.4, -0.2) is 42.7 Å². The first-order valence-electron chi connectivity index (χ1n) is 10.9. The van der Waals surface area contributed by atoms with E-state index in [4.69, 9.17) is 4.98 Å². The maximum atomic E-state index is 12.5. The molecule has 7 nitrogen and oxygen atoms in total. The minimum absolute atomic E-state index is 0.0571. The number of H-pyrrole nitrogens is 1. The number of rotatable bonds is 3. The van der Waals surface area contributed by atoms with E-state index in [0.717, 1.165) is 61.9 Å². The number of benzene rings is 1. The lowest BCUT2D eigenvalue weighted by atomic mass is 9.95.